The maximum atomic E-state index is 13.0. The molecule has 1 unspecified atom stereocenters. The number of sulfonamides is 1. The number of rotatable bonds is 8. The van der Waals surface area contributed by atoms with Crippen LogP contribution in [0.1, 0.15) is 0 Å². The number of hydrogen-bond acceptors (Lipinski definition) is 10. The van der Waals surface area contributed by atoms with Gasteiger partial charge in [-0.05, 0) is 36.4 Å². The van der Waals surface area contributed by atoms with Crippen molar-refractivity contribution < 1.29 is 23.3 Å². The summed E-state index contributed by atoms with van der Waals surface area (Å²) in [5, 5.41) is 27.1. The molecule has 208 valence electrons. The number of carbonyl (C=O) groups excluding carboxylic acids is 1. The second-order valence-electron chi connectivity index (χ2n) is 8.69. The Morgan fingerprint density at radius 3 is 2.64 bits per heavy atom. The Bertz CT molecular complexity index is 1480. The van der Waals surface area contributed by atoms with E-state index < -0.39 is 16.2 Å². The predicted molar refractivity (Wildman–Crippen MR) is 150 cm³/mol. The van der Waals surface area contributed by atoms with Crippen molar-refractivity contribution in [1.29, 1.82) is 0 Å². The van der Waals surface area contributed by atoms with Crippen molar-refractivity contribution in [2.45, 2.75) is 6.17 Å². The third-order valence-corrected chi connectivity index (χ3v) is 7.77. The molecule has 16 heteroatoms. The molecule has 2 aliphatic rings. The molecule has 1 saturated heterocycles. The second kappa shape index (κ2) is 11.8. The average Bonchev–Trinajstić information content (AvgIpc) is 2.86. The highest BCUT2D eigenvalue weighted by Crippen LogP contribution is 2.37. The molecule has 0 saturated carbocycles. The van der Waals surface area contributed by atoms with Crippen LogP contribution < -0.4 is 21.3 Å². The van der Waals surface area contributed by atoms with E-state index in [4.69, 9.17) is 39.1 Å². The number of amides is 1. The normalized spacial score (nSPS) is 19.7. The lowest BCUT2D eigenvalue weighted by atomic mass is 10.1. The van der Waals surface area contributed by atoms with E-state index in [1.54, 1.807) is 36.4 Å². The summed E-state index contributed by atoms with van der Waals surface area (Å²) in [6, 6.07) is 8.38. The number of anilines is 2. The first-order valence-electron chi connectivity index (χ1n) is 11.7. The number of amidine groups is 1. The van der Waals surface area contributed by atoms with Crippen LogP contribution >= 0.6 is 23.2 Å². The number of carbonyl (C=O) groups is 1. The Balaban J connectivity index is 1.51. The molecule has 1 atom stereocenters. The van der Waals surface area contributed by atoms with Gasteiger partial charge in [-0.15, -0.1) is 0 Å². The summed E-state index contributed by atoms with van der Waals surface area (Å²) in [5.74, 6) is 0.0322. The van der Waals surface area contributed by atoms with Crippen molar-refractivity contribution in [3.8, 4) is 11.3 Å². The minimum atomic E-state index is -3.50. The number of aliphatic imine (C=N–C) groups is 1. The van der Waals surface area contributed by atoms with E-state index in [1.165, 1.54) is 11.0 Å². The molecule has 0 bridgehead atoms. The van der Waals surface area contributed by atoms with Crippen LogP contribution in [0, 0.1) is 5.21 Å². The highest BCUT2D eigenvalue weighted by Gasteiger charge is 2.32. The molecule has 5 N–H and O–H groups in total. The zero-order valence-corrected chi connectivity index (χ0v) is 23.0. The number of pyridine rings is 1. The van der Waals surface area contributed by atoms with Crippen molar-refractivity contribution in [2.75, 3.05) is 49.2 Å². The fourth-order valence-corrected chi connectivity index (χ4v) is 5.31. The van der Waals surface area contributed by atoms with Gasteiger partial charge >= 0.3 is 5.71 Å². The topological polar surface area (TPSA) is 179 Å². The molecule has 1 aromatic heterocycles. The van der Waals surface area contributed by atoms with Crippen molar-refractivity contribution in [3.05, 3.63) is 57.7 Å². The number of aromatic nitrogens is 1. The van der Waals surface area contributed by atoms with Crippen LogP contribution in [0.2, 0.25) is 10.0 Å². The summed E-state index contributed by atoms with van der Waals surface area (Å²) in [6.07, 6.45) is 3.55. The number of dihydropyridines is 1. The van der Waals surface area contributed by atoms with E-state index in [1.807, 2.05) is 0 Å². The molecule has 13 nitrogen and oxygen atoms in total. The standard InChI is InChI=1S/C23H26Cl2N8O5S/c1-39(37,38)31-10-11-32(21(34)13-31)17-4-6-19(29-22(17)15-3-2-14(24)12-16(15)25)27-8-9-28-20-7-5-18(33(35)36)23(26)30-20/h2-7,12,20,28H,8-11,13H2,1H3,(H2,26,30)(H,27,29)(H,35,36). The van der Waals surface area contributed by atoms with Crippen molar-refractivity contribution in [1.82, 2.24) is 14.6 Å². The van der Waals surface area contributed by atoms with Crippen LogP contribution in [0.3, 0.4) is 0 Å². The molecule has 1 fully saturated rings. The number of nitrogens with zero attached hydrogens (tertiary/aromatic N) is 5. The lowest BCUT2D eigenvalue weighted by Crippen LogP contribution is -2.52. The summed E-state index contributed by atoms with van der Waals surface area (Å²) >= 11 is 12.6. The number of nitrogens with two attached hydrogens (primary N) is 1. The zero-order valence-electron chi connectivity index (χ0n) is 20.7. The minimum Gasteiger partial charge on any atom is -0.417 e. The van der Waals surface area contributed by atoms with E-state index in [2.05, 4.69) is 15.6 Å². The average molecular weight is 597 g/mol. The maximum absolute atomic E-state index is 13.0. The van der Waals surface area contributed by atoms with Crippen LogP contribution in [-0.2, 0) is 14.8 Å². The van der Waals surface area contributed by atoms with Gasteiger partial charge in [-0.1, -0.05) is 23.2 Å². The first kappa shape index (κ1) is 28.6. The van der Waals surface area contributed by atoms with Crippen LogP contribution in [0.5, 0.6) is 0 Å². The lowest BCUT2D eigenvalue weighted by molar-refractivity contribution is -0.724. The number of nitrogens with one attached hydrogen (secondary N) is 2. The Hall–Kier alpha value is -3.43. The molecule has 4 rings (SSSR count). The van der Waals surface area contributed by atoms with Gasteiger partial charge in [0, 0.05) is 47.7 Å². The van der Waals surface area contributed by atoms with Gasteiger partial charge in [0.1, 0.15) is 12.0 Å². The highest BCUT2D eigenvalue weighted by atomic mass is 35.5. The molecular formula is C23H26Cl2N8O5S. The first-order chi connectivity index (χ1) is 18.4. The predicted octanol–water partition coefficient (Wildman–Crippen LogP) is 1.26. The second-order valence-corrected chi connectivity index (χ2v) is 11.5. The Morgan fingerprint density at radius 2 is 2.00 bits per heavy atom. The highest BCUT2D eigenvalue weighted by molar-refractivity contribution is 7.88. The molecule has 0 spiro atoms. The van der Waals surface area contributed by atoms with Crippen LogP contribution in [0.15, 0.2) is 47.5 Å². The third kappa shape index (κ3) is 6.78. The monoisotopic (exact) mass is 596 g/mol. The van der Waals surface area contributed by atoms with Crippen molar-refractivity contribution in [3.63, 3.8) is 0 Å². The summed E-state index contributed by atoms with van der Waals surface area (Å²) in [6.45, 7) is 0.896. The smallest absolute Gasteiger partial charge is 0.309 e. The first-order valence-corrected chi connectivity index (χ1v) is 14.3. The largest absolute Gasteiger partial charge is 0.417 e. The van der Waals surface area contributed by atoms with E-state index in [-0.39, 0.29) is 42.0 Å². The number of benzene rings is 1. The van der Waals surface area contributed by atoms with Gasteiger partial charge < -0.3 is 21.2 Å². The van der Waals surface area contributed by atoms with E-state index >= 15 is 0 Å². The van der Waals surface area contributed by atoms with Gasteiger partial charge in [0.15, 0.2) is 5.84 Å². The molecule has 2 aromatic rings. The van der Waals surface area contributed by atoms with E-state index in [0.29, 0.717) is 45.9 Å². The number of hydrogen-bond donors (Lipinski definition) is 4. The van der Waals surface area contributed by atoms with E-state index in [9.17, 15) is 18.4 Å². The van der Waals surface area contributed by atoms with Crippen LogP contribution in [0.4, 0.5) is 11.5 Å². The molecule has 39 heavy (non-hydrogen) atoms. The molecule has 0 radical (unpaired) electrons. The Labute approximate surface area is 234 Å². The molecule has 3 heterocycles. The summed E-state index contributed by atoms with van der Waals surface area (Å²) in [5.41, 5.74) is 7.02. The van der Waals surface area contributed by atoms with Gasteiger partial charge in [0.05, 0.1) is 29.2 Å². The molecule has 2 aliphatic heterocycles. The Kier molecular flexibility index (Phi) is 8.61. The summed E-state index contributed by atoms with van der Waals surface area (Å²) in [4.78, 5) is 22.9. The van der Waals surface area contributed by atoms with Gasteiger partial charge in [-0.25, -0.2) is 18.4 Å². The van der Waals surface area contributed by atoms with Gasteiger partial charge in [-0.2, -0.15) is 4.31 Å². The lowest BCUT2D eigenvalue weighted by Gasteiger charge is -2.33. The summed E-state index contributed by atoms with van der Waals surface area (Å²) < 4.78 is 25.0. The quantitative estimate of drug-likeness (QED) is 0.151. The van der Waals surface area contributed by atoms with Gasteiger partial charge in [0.25, 0.3) is 0 Å². The van der Waals surface area contributed by atoms with Crippen LogP contribution in [0.25, 0.3) is 11.3 Å². The third-order valence-electron chi connectivity index (χ3n) is 5.97. The fraction of sp³-hybridized carbons (Fsp3) is 0.304. The SMILES string of the molecule is CS(=O)(=O)N1CCN(c2ccc(NCCNC3C=C/C(=[N+](/[O-])O)C(N)=N3)nc2-c2ccc(Cl)cc2Cl)C(=O)C1. The molecule has 0 aliphatic carbocycles. The van der Waals surface area contributed by atoms with E-state index in [0.717, 1.165) is 10.6 Å². The van der Waals surface area contributed by atoms with Crippen LogP contribution in [-0.4, -0.2) is 90.4 Å². The number of halogens is 2. The van der Waals surface area contributed by atoms with Gasteiger partial charge in [0.2, 0.25) is 15.9 Å². The molecule has 1 aromatic carbocycles. The Morgan fingerprint density at radius 1 is 1.23 bits per heavy atom. The van der Waals surface area contributed by atoms with Crippen molar-refractivity contribution in [2.24, 2.45) is 10.7 Å². The van der Waals surface area contributed by atoms with Crippen molar-refractivity contribution >= 4 is 62.2 Å². The zero-order chi connectivity index (χ0) is 28.3. The summed E-state index contributed by atoms with van der Waals surface area (Å²) in [7, 11) is -3.50. The van der Waals surface area contributed by atoms with Gasteiger partial charge in [-0.3, -0.25) is 15.3 Å². The maximum Gasteiger partial charge on any atom is 0.309 e. The minimum absolute atomic E-state index is 0.0888. The molecule has 1 amide bonds. The number of piperazine rings is 1. The molecular weight excluding hydrogens is 571 g/mol. The fourth-order valence-electron chi connectivity index (χ4n) is 4.05.